The van der Waals surface area contributed by atoms with E-state index in [0.29, 0.717) is 25.4 Å². The van der Waals surface area contributed by atoms with Crippen molar-refractivity contribution in [2.24, 2.45) is 5.41 Å². The van der Waals surface area contributed by atoms with E-state index in [0.717, 1.165) is 12.8 Å². The number of rotatable bonds is 6. The Kier molecular flexibility index (Phi) is 5.44. The van der Waals surface area contributed by atoms with Crippen LogP contribution >= 0.6 is 0 Å². The van der Waals surface area contributed by atoms with Crippen LogP contribution in [0.1, 0.15) is 12.8 Å². The first-order valence-corrected chi connectivity index (χ1v) is 8.79. The van der Waals surface area contributed by atoms with Gasteiger partial charge in [-0.05, 0) is 25.0 Å². The molecule has 0 unspecified atom stereocenters. The Morgan fingerprint density at radius 2 is 1.91 bits per heavy atom. The van der Waals surface area contributed by atoms with E-state index in [1.165, 1.54) is 18.4 Å². The SMILES string of the molecule is CN(C)S(=O)(=O)c1ccccc1NCC1(CO)CCOCC1. The van der Waals surface area contributed by atoms with Crippen molar-refractivity contribution in [3.05, 3.63) is 24.3 Å². The number of aliphatic hydroxyl groups excluding tert-OH is 1. The lowest BCUT2D eigenvalue weighted by Crippen LogP contribution is -2.39. The maximum atomic E-state index is 12.4. The highest BCUT2D eigenvalue weighted by atomic mass is 32.2. The summed E-state index contributed by atoms with van der Waals surface area (Å²) in [5.74, 6) is 0. The molecule has 0 bridgehead atoms. The van der Waals surface area contributed by atoms with E-state index in [9.17, 15) is 13.5 Å². The summed E-state index contributed by atoms with van der Waals surface area (Å²) in [7, 11) is -0.476. The number of nitrogens with zero attached hydrogens (tertiary/aromatic N) is 1. The zero-order valence-corrected chi connectivity index (χ0v) is 13.9. The van der Waals surface area contributed by atoms with Crippen molar-refractivity contribution in [3.8, 4) is 0 Å². The molecule has 0 aromatic heterocycles. The molecule has 124 valence electrons. The van der Waals surface area contributed by atoms with Gasteiger partial charge in [0.1, 0.15) is 4.90 Å². The molecule has 0 aliphatic carbocycles. The van der Waals surface area contributed by atoms with Crippen molar-refractivity contribution in [2.45, 2.75) is 17.7 Å². The minimum Gasteiger partial charge on any atom is -0.396 e. The van der Waals surface area contributed by atoms with Gasteiger partial charge in [-0.15, -0.1) is 0 Å². The summed E-state index contributed by atoms with van der Waals surface area (Å²) in [6.07, 6.45) is 1.53. The van der Waals surface area contributed by atoms with Gasteiger partial charge in [-0.25, -0.2) is 12.7 Å². The van der Waals surface area contributed by atoms with Gasteiger partial charge in [-0.3, -0.25) is 0 Å². The quantitative estimate of drug-likeness (QED) is 0.819. The molecule has 6 nitrogen and oxygen atoms in total. The third-order valence-electron chi connectivity index (χ3n) is 4.19. The number of aliphatic hydroxyl groups is 1. The van der Waals surface area contributed by atoms with Gasteiger partial charge in [0.2, 0.25) is 10.0 Å². The topological polar surface area (TPSA) is 78.9 Å². The second kappa shape index (κ2) is 6.95. The molecule has 0 spiro atoms. The largest absolute Gasteiger partial charge is 0.396 e. The van der Waals surface area contributed by atoms with Gasteiger partial charge < -0.3 is 15.2 Å². The normalized spacial score (nSPS) is 18.4. The lowest BCUT2D eigenvalue weighted by Gasteiger charge is -2.36. The van der Waals surface area contributed by atoms with E-state index in [-0.39, 0.29) is 16.9 Å². The standard InChI is InChI=1S/C15H24N2O4S/c1-17(2)22(19,20)14-6-4-3-5-13(14)16-11-15(12-18)7-9-21-10-8-15/h3-6,16,18H,7-12H2,1-2H3. The van der Waals surface area contributed by atoms with Crippen LogP contribution < -0.4 is 5.32 Å². The summed E-state index contributed by atoms with van der Waals surface area (Å²) < 4.78 is 31.3. The number of sulfonamides is 1. The first-order chi connectivity index (χ1) is 10.4. The molecule has 1 heterocycles. The zero-order valence-electron chi connectivity index (χ0n) is 13.1. The van der Waals surface area contributed by atoms with Crippen molar-refractivity contribution in [1.29, 1.82) is 0 Å². The van der Waals surface area contributed by atoms with Crippen LogP contribution in [0.3, 0.4) is 0 Å². The van der Waals surface area contributed by atoms with Crippen LogP contribution in [0.25, 0.3) is 0 Å². The minimum absolute atomic E-state index is 0.0615. The molecule has 7 heteroatoms. The Bertz CT molecular complexity index is 595. The lowest BCUT2D eigenvalue weighted by atomic mass is 9.81. The van der Waals surface area contributed by atoms with Crippen LogP contribution in [0, 0.1) is 5.41 Å². The Balaban J connectivity index is 2.20. The number of hydrogen-bond acceptors (Lipinski definition) is 5. The highest BCUT2D eigenvalue weighted by molar-refractivity contribution is 7.89. The van der Waals surface area contributed by atoms with Crippen LogP contribution in [0.15, 0.2) is 29.2 Å². The fourth-order valence-corrected chi connectivity index (χ4v) is 3.57. The van der Waals surface area contributed by atoms with Crippen molar-refractivity contribution in [3.63, 3.8) is 0 Å². The Labute approximate surface area is 132 Å². The van der Waals surface area contributed by atoms with E-state index in [4.69, 9.17) is 4.74 Å². The second-order valence-electron chi connectivity index (χ2n) is 5.91. The summed E-state index contributed by atoms with van der Waals surface area (Å²) in [5.41, 5.74) is 0.309. The van der Waals surface area contributed by atoms with Crippen molar-refractivity contribution >= 4 is 15.7 Å². The van der Waals surface area contributed by atoms with Gasteiger partial charge in [0.25, 0.3) is 0 Å². The smallest absolute Gasteiger partial charge is 0.244 e. The van der Waals surface area contributed by atoms with Gasteiger partial charge in [-0.1, -0.05) is 12.1 Å². The first-order valence-electron chi connectivity index (χ1n) is 7.35. The fourth-order valence-electron chi connectivity index (χ4n) is 2.51. The molecule has 0 atom stereocenters. The van der Waals surface area contributed by atoms with Crippen LogP contribution in [-0.4, -0.2) is 58.3 Å². The molecule has 0 saturated carbocycles. The molecule has 1 fully saturated rings. The number of para-hydroxylation sites is 1. The third-order valence-corrected chi connectivity index (χ3v) is 6.06. The third kappa shape index (κ3) is 3.60. The van der Waals surface area contributed by atoms with Crippen LogP contribution in [0.2, 0.25) is 0 Å². The van der Waals surface area contributed by atoms with Crippen molar-refractivity contribution < 1.29 is 18.3 Å². The average molecular weight is 328 g/mol. The molecule has 1 aromatic rings. The van der Waals surface area contributed by atoms with E-state index in [1.807, 2.05) is 0 Å². The number of ether oxygens (including phenoxy) is 1. The van der Waals surface area contributed by atoms with E-state index in [2.05, 4.69) is 5.32 Å². The highest BCUT2D eigenvalue weighted by Gasteiger charge is 2.32. The monoisotopic (exact) mass is 328 g/mol. The molecule has 1 saturated heterocycles. The number of anilines is 1. The zero-order chi connectivity index (χ0) is 16.2. The van der Waals surface area contributed by atoms with Gasteiger partial charge in [0, 0.05) is 39.3 Å². The van der Waals surface area contributed by atoms with Gasteiger partial charge in [-0.2, -0.15) is 0 Å². The molecule has 0 radical (unpaired) electrons. The van der Waals surface area contributed by atoms with Crippen LogP contribution in [0.4, 0.5) is 5.69 Å². The van der Waals surface area contributed by atoms with Crippen LogP contribution in [-0.2, 0) is 14.8 Å². The summed E-state index contributed by atoms with van der Waals surface area (Å²) >= 11 is 0. The molecular weight excluding hydrogens is 304 g/mol. The summed E-state index contributed by atoms with van der Waals surface area (Å²) in [6, 6.07) is 6.85. The van der Waals surface area contributed by atoms with Gasteiger partial charge in [0.15, 0.2) is 0 Å². The summed E-state index contributed by atoms with van der Waals surface area (Å²) in [5, 5.41) is 12.9. The predicted octanol–water partition coefficient (Wildman–Crippen LogP) is 1.14. The van der Waals surface area contributed by atoms with E-state index < -0.39 is 10.0 Å². The lowest BCUT2D eigenvalue weighted by molar-refractivity contribution is -0.00860. The first kappa shape index (κ1) is 17.2. The fraction of sp³-hybridized carbons (Fsp3) is 0.600. The molecule has 0 amide bonds. The minimum atomic E-state index is -3.50. The summed E-state index contributed by atoms with van der Waals surface area (Å²) in [4.78, 5) is 0.250. The predicted molar refractivity (Wildman–Crippen MR) is 85.4 cm³/mol. The molecule has 1 aliphatic rings. The van der Waals surface area contributed by atoms with Crippen LogP contribution in [0.5, 0.6) is 0 Å². The Morgan fingerprint density at radius 1 is 1.27 bits per heavy atom. The van der Waals surface area contributed by atoms with Crippen molar-refractivity contribution in [1.82, 2.24) is 4.31 Å². The Morgan fingerprint density at radius 3 is 2.50 bits per heavy atom. The van der Waals surface area contributed by atoms with Gasteiger partial charge >= 0.3 is 0 Å². The molecular formula is C15H24N2O4S. The molecule has 1 aliphatic heterocycles. The summed E-state index contributed by atoms with van der Waals surface area (Å²) in [6.45, 7) is 1.83. The highest BCUT2D eigenvalue weighted by Crippen LogP contribution is 2.31. The maximum Gasteiger partial charge on any atom is 0.244 e. The van der Waals surface area contributed by atoms with Gasteiger partial charge in [0.05, 0.1) is 12.3 Å². The maximum absolute atomic E-state index is 12.4. The Hall–Kier alpha value is -1.15. The van der Waals surface area contributed by atoms with Crippen molar-refractivity contribution in [2.75, 3.05) is 45.8 Å². The molecule has 2 N–H and O–H groups in total. The van der Waals surface area contributed by atoms with E-state index >= 15 is 0 Å². The number of hydrogen-bond donors (Lipinski definition) is 2. The molecule has 1 aromatic carbocycles. The average Bonchev–Trinajstić information content (AvgIpc) is 2.54. The number of benzene rings is 1. The molecule has 22 heavy (non-hydrogen) atoms. The second-order valence-corrected chi connectivity index (χ2v) is 8.03. The number of nitrogens with one attached hydrogen (secondary N) is 1. The molecule has 2 rings (SSSR count). The van der Waals surface area contributed by atoms with E-state index in [1.54, 1.807) is 24.3 Å².